The van der Waals surface area contributed by atoms with Crippen molar-refractivity contribution in [3.63, 3.8) is 0 Å². The molecule has 154 valence electrons. The molecule has 3 rings (SSSR count). The third kappa shape index (κ3) is 6.36. The average molecular weight is 436 g/mol. The third-order valence-corrected chi connectivity index (χ3v) is 4.65. The molecule has 0 amide bonds. The van der Waals surface area contributed by atoms with Crippen LogP contribution in [0, 0.1) is 5.82 Å². The number of halogens is 3. The van der Waals surface area contributed by atoms with Gasteiger partial charge in [0.2, 0.25) is 0 Å². The van der Waals surface area contributed by atoms with Gasteiger partial charge in [0.05, 0.1) is 6.61 Å². The van der Waals surface area contributed by atoms with Gasteiger partial charge >= 0.3 is 0 Å². The van der Waals surface area contributed by atoms with E-state index >= 15 is 0 Å². The molecule has 3 aromatic carbocycles. The summed E-state index contributed by atoms with van der Waals surface area (Å²) in [6.45, 7) is 3.77. The molecule has 0 unspecified atom stereocenters. The van der Waals surface area contributed by atoms with Crippen LogP contribution in [0.2, 0.25) is 5.02 Å². The van der Waals surface area contributed by atoms with Gasteiger partial charge < -0.3 is 14.8 Å². The summed E-state index contributed by atoms with van der Waals surface area (Å²) in [7, 11) is 0. The topological polar surface area (TPSA) is 30.5 Å². The molecular formula is C23H24Cl2FNO2. The molecule has 3 aromatic rings. The lowest BCUT2D eigenvalue weighted by Crippen LogP contribution is -2.14. The van der Waals surface area contributed by atoms with Crippen LogP contribution >= 0.6 is 24.0 Å². The van der Waals surface area contributed by atoms with Crippen LogP contribution in [-0.2, 0) is 19.7 Å². The second-order valence-electron chi connectivity index (χ2n) is 6.25. The summed E-state index contributed by atoms with van der Waals surface area (Å²) in [5.74, 6) is 0.991. The largest absolute Gasteiger partial charge is 0.490 e. The average Bonchev–Trinajstić information content (AvgIpc) is 2.70. The van der Waals surface area contributed by atoms with Crippen molar-refractivity contribution >= 4 is 24.0 Å². The zero-order valence-corrected chi connectivity index (χ0v) is 17.7. The standard InChI is InChI=1S/C23H23ClFNO2.ClH/c1-2-27-22-13-7-10-18(15-26-14-17-8-3-5-11-20(17)24)23(22)28-16-19-9-4-6-12-21(19)25;/h3-13,26H,2,14-16H2,1H3;1H. The van der Waals surface area contributed by atoms with E-state index in [9.17, 15) is 4.39 Å². The van der Waals surface area contributed by atoms with Crippen molar-refractivity contribution in [2.24, 2.45) is 0 Å². The van der Waals surface area contributed by atoms with Crippen LogP contribution in [0.15, 0.2) is 66.7 Å². The Hall–Kier alpha value is -2.27. The van der Waals surface area contributed by atoms with Gasteiger partial charge in [-0.15, -0.1) is 12.4 Å². The van der Waals surface area contributed by atoms with Crippen molar-refractivity contribution in [3.8, 4) is 11.5 Å². The van der Waals surface area contributed by atoms with Gasteiger partial charge in [0.15, 0.2) is 11.5 Å². The fourth-order valence-corrected chi connectivity index (χ4v) is 3.07. The fourth-order valence-electron chi connectivity index (χ4n) is 2.87. The number of ether oxygens (including phenoxy) is 2. The Morgan fingerprint density at radius 2 is 1.48 bits per heavy atom. The van der Waals surface area contributed by atoms with Gasteiger partial charge in [-0.2, -0.15) is 0 Å². The van der Waals surface area contributed by atoms with Gasteiger partial charge in [-0.05, 0) is 30.7 Å². The number of benzene rings is 3. The maximum atomic E-state index is 13.9. The molecular weight excluding hydrogens is 412 g/mol. The highest BCUT2D eigenvalue weighted by molar-refractivity contribution is 6.31. The lowest BCUT2D eigenvalue weighted by molar-refractivity contribution is 0.262. The zero-order valence-electron chi connectivity index (χ0n) is 16.2. The quantitative estimate of drug-likeness (QED) is 0.435. The van der Waals surface area contributed by atoms with E-state index in [2.05, 4.69) is 5.32 Å². The van der Waals surface area contributed by atoms with E-state index in [4.69, 9.17) is 21.1 Å². The van der Waals surface area contributed by atoms with Crippen LogP contribution in [0.4, 0.5) is 4.39 Å². The summed E-state index contributed by atoms with van der Waals surface area (Å²) in [5, 5.41) is 4.11. The second kappa shape index (κ2) is 11.7. The van der Waals surface area contributed by atoms with E-state index in [0.29, 0.717) is 36.8 Å². The first-order valence-corrected chi connectivity index (χ1v) is 9.62. The van der Waals surface area contributed by atoms with Gasteiger partial charge in [0.25, 0.3) is 0 Å². The third-order valence-electron chi connectivity index (χ3n) is 4.28. The summed E-state index contributed by atoms with van der Waals surface area (Å²) < 4.78 is 25.6. The number of rotatable bonds is 9. The molecule has 0 radical (unpaired) electrons. The van der Waals surface area contributed by atoms with Crippen LogP contribution in [0.1, 0.15) is 23.6 Å². The highest BCUT2D eigenvalue weighted by Crippen LogP contribution is 2.32. The van der Waals surface area contributed by atoms with Crippen molar-refractivity contribution in [3.05, 3.63) is 94.3 Å². The molecule has 0 aromatic heterocycles. The number of hydrogen-bond donors (Lipinski definition) is 1. The lowest BCUT2D eigenvalue weighted by Gasteiger charge is -2.17. The van der Waals surface area contributed by atoms with Gasteiger partial charge in [0, 0.05) is 29.2 Å². The van der Waals surface area contributed by atoms with E-state index < -0.39 is 0 Å². The number of nitrogens with one attached hydrogen (secondary N) is 1. The first-order valence-electron chi connectivity index (χ1n) is 9.24. The number of hydrogen-bond acceptors (Lipinski definition) is 3. The Balaban J connectivity index is 0.00000300. The molecule has 0 saturated carbocycles. The van der Waals surface area contributed by atoms with E-state index in [0.717, 1.165) is 16.1 Å². The Bertz CT molecular complexity index is 921. The summed E-state index contributed by atoms with van der Waals surface area (Å²) in [6, 6.07) is 20.1. The van der Waals surface area contributed by atoms with Crippen molar-refractivity contribution in [2.45, 2.75) is 26.6 Å². The highest BCUT2D eigenvalue weighted by Gasteiger charge is 2.13. The summed E-state index contributed by atoms with van der Waals surface area (Å²) in [6.07, 6.45) is 0. The zero-order chi connectivity index (χ0) is 19.8. The van der Waals surface area contributed by atoms with E-state index in [-0.39, 0.29) is 24.8 Å². The molecule has 0 aliphatic heterocycles. The molecule has 1 N–H and O–H groups in total. The highest BCUT2D eigenvalue weighted by atomic mass is 35.5. The van der Waals surface area contributed by atoms with Gasteiger partial charge in [-0.3, -0.25) is 0 Å². The van der Waals surface area contributed by atoms with Crippen molar-refractivity contribution in [2.75, 3.05) is 6.61 Å². The second-order valence-corrected chi connectivity index (χ2v) is 6.66. The fraction of sp³-hybridized carbons (Fsp3) is 0.217. The molecule has 0 bridgehead atoms. The van der Waals surface area contributed by atoms with Crippen molar-refractivity contribution in [1.82, 2.24) is 5.32 Å². The predicted octanol–water partition coefficient (Wildman–Crippen LogP) is 6.17. The normalized spacial score (nSPS) is 10.3. The minimum atomic E-state index is -0.283. The first-order chi connectivity index (χ1) is 13.7. The minimum absolute atomic E-state index is 0. The molecule has 0 aliphatic rings. The maximum Gasteiger partial charge on any atom is 0.166 e. The lowest BCUT2D eigenvalue weighted by atomic mass is 10.1. The minimum Gasteiger partial charge on any atom is -0.490 e. The van der Waals surface area contributed by atoms with Crippen LogP contribution in [0.5, 0.6) is 11.5 Å². The predicted molar refractivity (Wildman–Crippen MR) is 118 cm³/mol. The van der Waals surface area contributed by atoms with Gasteiger partial charge in [-0.25, -0.2) is 4.39 Å². The molecule has 0 heterocycles. The monoisotopic (exact) mass is 435 g/mol. The summed E-state index contributed by atoms with van der Waals surface area (Å²) in [4.78, 5) is 0. The molecule has 0 spiro atoms. The van der Waals surface area contributed by atoms with Gasteiger partial charge in [0.1, 0.15) is 12.4 Å². The van der Waals surface area contributed by atoms with Crippen LogP contribution < -0.4 is 14.8 Å². The Kier molecular flexibility index (Phi) is 9.26. The number of para-hydroxylation sites is 1. The molecule has 0 fully saturated rings. The van der Waals surface area contributed by atoms with Gasteiger partial charge in [-0.1, -0.05) is 60.1 Å². The van der Waals surface area contributed by atoms with E-state index in [1.165, 1.54) is 6.07 Å². The van der Waals surface area contributed by atoms with Crippen LogP contribution in [0.3, 0.4) is 0 Å². The molecule has 0 saturated heterocycles. The first kappa shape index (κ1) is 23.0. The molecule has 3 nitrogen and oxygen atoms in total. The van der Waals surface area contributed by atoms with Crippen molar-refractivity contribution < 1.29 is 13.9 Å². The maximum absolute atomic E-state index is 13.9. The smallest absolute Gasteiger partial charge is 0.166 e. The Morgan fingerprint density at radius 1 is 0.828 bits per heavy atom. The van der Waals surface area contributed by atoms with Crippen molar-refractivity contribution in [1.29, 1.82) is 0 Å². The summed E-state index contributed by atoms with van der Waals surface area (Å²) >= 11 is 6.22. The van der Waals surface area contributed by atoms with E-state index in [1.54, 1.807) is 18.2 Å². The Morgan fingerprint density at radius 3 is 2.21 bits per heavy atom. The Labute approximate surface area is 182 Å². The summed E-state index contributed by atoms with van der Waals surface area (Å²) in [5.41, 5.74) is 2.47. The van der Waals surface area contributed by atoms with Crippen LogP contribution in [0.25, 0.3) is 0 Å². The molecule has 6 heteroatoms. The molecule has 29 heavy (non-hydrogen) atoms. The van der Waals surface area contributed by atoms with Crippen LogP contribution in [-0.4, -0.2) is 6.61 Å². The molecule has 0 atom stereocenters. The SMILES string of the molecule is CCOc1cccc(CNCc2ccccc2Cl)c1OCc1ccccc1F.Cl. The van der Waals surface area contributed by atoms with E-state index in [1.807, 2.05) is 49.4 Å². The molecule has 0 aliphatic carbocycles.